The fourth-order valence-electron chi connectivity index (χ4n) is 2.52. The molecule has 0 aliphatic carbocycles. The molecule has 3 aromatic rings. The minimum absolute atomic E-state index is 0.0721. The van der Waals surface area contributed by atoms with E-state index in [2.05, 4.69) is 15.5 Å². The molecule has 0 radical (unpaired) electrons. The monoisotopic (exact) mass is 365 g/mol. The maximum absolute atomic E-state index is 12.4. The lowest BCUT2D eigenvalue weighted by Crippen LogP contribution is -2.20. The number of primary amides is 1. The number of hydrogen-bond donors (Lipinski definition) is 2. The number of carbonyl (C=O) groups excluding carboxylic acids is 2. The molecule has 0 saturated carbocycles. The molecular formula is C19H19N5O3. The van der Waals surface area contributed by atoms with Crippen LogP contribution in [0.15, 0.2) is 54.6 Å². The minimum atomic E-state index is -0.569. The van der Waals surface area contributed by atoms with E-state index in [1.165, 1.54) is 0 Å². The van der Waals surface area contributed by atoms with Gasteiger partial charge in [0, 0.05) is 24.4 Å². The molecule has 0 bridgehead atoms. The van der Waals surface area contributed by atoms with Crippen LogP contribution in [0.3, 0.4) is 0 Å². The summed E-state index contributed by atoms with van der Waals surface area (Å²) in [5, 5.41) is 11.1. The lowest BCUT2D eigenvalue weighted by atomic mass is 10.2. The number of rotatable bonds is 7. The van der Waals surface area contributed by atoms with E-state index in [0.29, 0.717) is 23.1 Å². The molecule has 3 N–H and O–H groups in total. The van der Waals surface area contributed by atoms with Crippen LogP contribution in [0.1, 0.15) is 5.82 Å². The normalized spacial score (nSPS) is 10.4. The molecule has 0 fully saturated rings. The van der Waals surface area contributed by atoms with Crippen LogP contribution in [0.2, 0.25) is 0 Å². The topological polar surface area (TPSA) is 112 Å². The fraction of sp³-hybridized carbons (Fsp3) is 0.158. The molecule has 8 heteroatoms. The smallest absolute Gasteiger partial charge is 0.255 e. The summed E-state index contributed by atoms with van der Waals surface area (Å²) in [7, 11) is 1.82. The molecular weight excluding hydrogens is 346 g/mol. The van der Waals surface area contributed by atoms with Gasteiger partial charge >= 0.3 is 0 Å². The Hall–Kier alpha value is -3.68. The summed E-state index contributed by atoms with van der Waals surface area (Å²) in [4.78, 5) is 23.1. The van der Waals surface area contributed by atoms with Gasteiger partial charge in [0.15, 0.2) is 12.4 Å². The van der Waals surface area contributed by atoms with E-state index >= 15 is 0 Å². The predicted molar refractivity (Wildman–Crippen MR) is 99.9 cm³/mol. The fourth-order valence-corrected chi connectivity index (χ4v) is 2.52. The van der Waals surface area contributed by atoms with Crippen LogP contribution in [0.4, 0.5) is 5.69 Å². The maximum atomic E-state index is 12.4. The quantitative estimate of drug-likeness (QED) is 0.659. The third-order valence-electron chi connectivity index (χ3n) is 3.81. The van der Waals surface area contributed by atoms with Gasteiger partial charge in [-0.2, -0.15) is 0 Å². The number of amides is 2. The molecule has 2 amide bonds. The van der Waals surface area contributed by atoms with E-state index < -0.39 is 5.91 Å². The summed E-state index contributed by atoms with van der Waals surface area (Å²) >= 11 is 0. The molecule has 1 aromatic heterocycles. The highest BCUT2D eigenvalue weighted by atomic mass is 16.5. The molecule has 0 aliphatic heterocycles. The third-order valence-corrected chi connectivity index (χ3v) is 3.81. The first-order valence-corrected chi connectivity index (χ1v) is 8.27. The first-order valence-electron chi connectivity index (χ1n) is 8.27. The molecule has 2 aromatic carbocycles. The number of nitrogens with zero attached hydrogens (tertiary/aromatic N) is 3. The largest absolute Gasteiger partial charge is 0.484 e. The standard InChI is InChI=1S/C19H19N5O3/c1-24-17(22-23-19(24)13-6-3-2-4-7-13)11-18(26)21-14-8-5-9-15(10-14)27-12-16(20)25/h2-10H,11-12H2,1H3,(H2,20,25)(H,21,26). The first kappa shape index (κ1) is 18.1. The van der Waals surface area contributed by atoms with E-state index in [9.17, 15) is 9.59 Å². The van der Waals surface area contributed by atoms with Gasteiger partial charge in [-0.25, -0.2) is 0 Å². The van der Waals surface area contributed by atoms with Crippen molar-refractivity contribution >= 4 is 17.5 Å². The van der Waals surface area contributed by atoms with E-state index in [-0.39, 0.29) is 18.9 Å². The van der Waals surface area contributed by atoms with Crippen molar-refractivity contribution < 1.29 is 14.3 Å². The van der Waals surface area contributed by atoms with Crippen LogP contribution in [0.25, 0.3) is 11.4 Å². The summed E-state index contributed by atoms with van der Waals surface area (Å²) in [6.45, 7) is -0.224. The molecule has 0 aliphatic rings. The molecule has 0 spiro atoms. The van der Waals surface area contributed by atoms with Gasteiger partial charge in [-0.3, -0.25) is 9.59 Å². The van der Waals surface area contributed by atoms with Crippen molar-refractivity contribution in [3.05, 3.63) is 60.4 Å². The zero-order valence-electron chi connectivity index (χ0n) is 14.8. The summed E-state index contributed by atoms with van der Waals surface area (Å²) in [6, 6.07) is 16.4. The highest BCUT2D eigenvalue weighted by Crippen LogP contribution is 2.19. The molecule has 1 heterocycles. The third kappa shape index (κ3) is 4.69. The number of anilines is 1. The molecule has 3 rings (SSSR count). The van der Waals surface area contributed by atoms with Crippen LogP contribution in [0, 0.1) is 0 Å². The number of hydrogen-bond acceptors (Lipinski definition) is 5. The number of aromatic nitrogens is 3. The Kier molecular flexibility index (Phi) is 5.46. The van der Waals surface area contributed by atoms with E-state index in [1.807, 2.05) is 37.4 Å². The summed E-state index contributed by atoms with van der Waals surface area (Å²) in [5.41, 5.74) is 6.53. The Labute approximate surface area is 156 Å². The molecule has 0 saturated heterocycles. The average Bonchev–Trinajstić information content (AvgIpc) is 3.01. The highest BCUT2D eigenvalue weighted by molar-refractivity contribution is 5.92. The summed E-state index contributed by atoms with van der Waals surface area (Å²) in [5.74, 6) is 0.877. The number of ether oxygens (including phenoxy) is 1. The van der Waals surface area contributed by atoms with Crippen LogP contribution in [-0.2, 0) is 23.1 Å². The number of benzene rings is 2. The number of nitrogens with one attached hydrogen (secondary N) is 1. The van der Waals surface area contributed by atoms with Gasteiger partial charge in [0.1, 0.15) is 11.6 Å². The second kappa shape index (κ2) is 8.13. The van der Waals surface area contributed by atoms with E-state index in [4.69, 9.17) is 10.5 Å². The second-order valence-electron chi connectivity index (χ2n) is 5.87. The van der Waals surface area contributed by atoms with Gasteiger partial charge in [-0.1, -0.05) is 36.4 Å². The van der Waals surface area contributed by atoms with Gasteiger partial charge in [0.2, 0.25) is 5.91 Å². The highest BCUT2D eigenvalue weighted by Gasteiger charge is 2.14. The van der Waals surface area contributed by atoms with Crippen LogP contribution in [0.5, 0.6) is 5.75 Å². The summed E-state index contributed by atoms with van der Waals surface area (Å²) in [6.07, 6.45) is 0.0721. The Morgan fingerprint density at radius 3 is 2.63 bits per heavy atom. The lowest BCUT2D eigenvalue weighted by Gasteiger charge is -2.08. The Morgan fingerprint density at radius 2 is 1.89 bits per heavy atom. The van der Waals surface area contributed by atoms with Crippen molar-refractivity contribution in [3.8, 4) is 17.1 Å². The van der Waals surface area contributed by atoms with Gasteiger partial charge in [0.05, 0.1) is 6.42 Å². The molecule has 27 heavy (non-hydrogen) atoms. The van der Waals surface area contributed by atoms with Crippen molar-refractivity contribution in [1.82, 2.24) is 14.8 Å². The number of carbonyl (C=O) groups is 2. The van der Waals surface area contributed by atoms with E-state index in [0.717, 1.165) is 5.56 Å². The van der Waals surface area contributed by atoms with Crippen molar-refractivity contribution in [3.63, 3.8) is 0 Å². The van der Waals surface area contributed by atoms with E-state index in [1.54, 1.807) is 28.8 Å². The molecule has 0 unspecified atom stereocenters. The zero-order chi connectivity index (χ0) is 19.2. The van der Waals surface area contributed by atoms with Crippen LogP contribution in [-0.4, -0.2) is 33.2 Å². The van der Waals surface area contributed by atoms with Crippen LogP contribution < -0.4 is 15.8 Å². The van der Waals surface area contributed by atoms with Gasteiger partial charge in [-0.05, 0) is 12.1 Å². The molecule has 8 nitrogen and oxygen atoms in total. The maximum Gasteiger partial charge on any atom is 0.255 e. The van der Waals surface area contributed by atoms with Crippen molar-refractivity contribution in [2.24, 2.45) is 12.8 Å². The van der Waals surface area contributed by atoms with Crippen molar-refractivity contribution in [1.29, 1.82) is 0 Å². The Morgan fingerprint density at radius 1 is 1.11 bits per heavy atom. The van der Waals surface area contributed by atoms with Crippen molar-refractivity contribution in [2.45, 2.75) is 6.42 Å². The SMILES string of the molecule is Cn1c(CC(=O)Nc2cccc(OCC(N)=O)c2)nnc1-c1ccccc1. The Balaban J connectivity index is 1.66. The van der Waals surface area contributed by atoms with Gasteiger partial charge < -0.3 is 20.4 Å². The predicted octanol–water partition coefficient (Wildman–Crippen LogP) is 1.53. The van der Waals surface area contributed by atoms with Gasteiger partial charge in [-0.15, -0.1) is 10.2 Å². The van der Waals surface area contributed by atoms with Gasteiger partial charge in [0.25, 0.3) is 5.91 Å². The molecule has 138 valence electrons. The lowest BCUT2D eigenvalue weighted by molar-refractivity contribution is -0.120. The van der Waals surface area contributed by atoms with Crippen LogP contribution >= 0.6 is 0 Å². The summed E-state index contributed by atoms with van der Waals surface area (Å²) < 4.78 is 7.02. The minimum Gasteiger partial charge on any atom is -0.484 e. The first-order chi connectivity index (χ1) is 13.0. The van der Waals surface area contributed by atoms with Crippen molar-refractivity contribution in [2.75, 3.05) is 11.9 Å². The zero-order valence-corrected chi connectivity index (χ0v) is 14.8. The molecule has 0 atom stereocenters. The number of nitrogens with two attached hydrogens (primary N) is 1. The Bertz CT molecular complexity index is 953. The second-order valence-corrected chi connectivity index (χ2v) is 5.87. The average molecular weight is 365 g/mol.